The van der Waals surface area contributed by atoms with Gasteiger partial charge in [-0.1, -0.05) is 29.8 Å². The maximum absolute atomic E-state index is 12.9. The van der Waals surface area contributed by atoms with E-state index in [0.717, 1.165) is 12.0 Å². The lowest BCUT2D eigenvalue weighted by atomic mass is 9.99. The monoisotopic (exact) mass is 369 g/mol. The normalized spacial score (nSPS) is 17.6. The number of halogens is 1. The minimum atomic E-state index is -0.635. The van der Waals surface area contributed by atoms with Crippen molar-refractivity contribution >= 4 is 23.4 Å². The highest BCUT2D eigenvalue weighted by molar-refractivity contribution is 6.30. The van der Waals surface area contributed by atoms with E-state index in [-0.39, 0.29) is 17.9 Å². The summed E-state index contributed by atoms with van der Waals surface area (Å²) in [4.78, 5) is 31.2. The molecule has 6 heteroatoms. The Labute approximate surface area is 157 Å². The van der Waals surface area contributed by atoms with Gasteiger partial charge in [0, 0.05) is 29.5 Å². The minimum absolute atomic E-state index is 0.0731. The Hall–Kier alpha value is -2.66. The molecular weight excluding hydrogens is 350 g/mol. The number of carbonyl (C=O) groups excluding carboxylic acids is 2. The van der Waals surface area contributed by atoms with Crippen molar-refractivity contribution in [2.75, 3.05) is 6.54 Å². The van der Waals surface area contributed by atoms with E-state index in [1.807, 2.05) is 18.2 Å². The molecule has 0 saturated heterocycles. The molecule has 0 spiro atoms. The van der Waals surface area contributed by atoms with Gasteiger partial charge in [-0.2, -0.15) is 0 Å². The Morgan fingerprint density at radius 2 is 2.00 bits per heavy atom. The molecule has 1 aliphatic rings. The number of carbonyl (C=O) groups is 2. The van der Waals surface area contributed by atoms with E-state index in [1.54, 1.807) is 48.5 Å². The zero-order chi connectivity index (χ0) is 18.5. The molecule has 0 aliphatic carbocycles. The second kappa shape index (κ2) is 8.15. The summed E-state index contributed by atoms with van der Waals surface area (Å²) in [6.07, 6.45) is 8.26. The Bertz CT molecular complexity index is 806. The highest BCUT2D eigenvalue weighted by Gasteiger charge is 2.29. The molecule has 0 saturated carbocycles. The fourth-order valence-electron chi connectivity index (χ4n) is 2.99. The number of nitrogens with zero attached hydrogens (tertiary/aromatic N) is 2. The molecule has 2 heterocycles. The number of hydrogen-bond donors (Lipinski definition) is 1. The Morgan fingerprint density at radius 1 is 1.23 bits per heavy atom. The fraction of sp³-hybridized carbons (Fsp3) is 0.250. The van der Waals surface area contributed by atoms with Gasteiger partial charge in [0.2, 0.25) is 5.91 Å². The fourth-order valence-corrected chi connectivity index (χ4v) is 3.12. The van der Waals surface area contributed by atoms with Crippen LogP contribution in [0.4, 0.5) is 0 Å². The van der Waals surface area contributed by atoms with Gasteiger partial charge in [0.15, 0.2) is 0 Å². The highest BCUT2D eigenvalue weighted by atomic mass is 35.5. The third kappa shape index (κ3) is 4.11. The van der Waals surface area contributed by atoms with Crippen LogP contribution in [0.2, 0.25) is 5.02 Å². The molecule has 1 unspecified atom stereocenters. The SMILES string of the molecule is C[C@H](NC(=O)c1ccc(Cl)cc1)C(=O)N1CC=CCC1c1cccnc1. The minimum Gasteiger partial charge on any atom is -0.341 e. The number of amides is 2. The summed E-state index contributed by atoms with van der Waals surface area (Å²) in [5, 5.41) is 3.33. The van der Waals surface area contributed by atoms with Crippen molar-refractivity contribution in [1.82, 2.24) is 15.2 Å². The third-order valence-corrected chi connectivity index (χ3v) is 4.63. The molecule has 2 amide bonds. The van der Waals surface area contributed by atoms with Crippen LogP contribution in [-0.2, 0) is 4.79 Å². The molecular formula is C20H20ClN3O2. The van der Waals surface area contributed by atoms with Crippen LogP contribution in [0.15, 0.2) is 60.9 Å². The predicted octanol–water partition coefficient (Wildman–Crippen LogP) is 3.38. The lowest BCUT2D eigenvalue weighted by Gasteiger charge is -2.35. The van der Waals surface area contributed by atoms with Crippen LogP contribution >= 0.6 is 11.6 Å². The second-order valence-electron chi connectivity index (χ2n) is 6.20. The van der Waals surface area contributed by atoms with Crippen LogP contribution in [0.3, 0.4) is 0 Å². The maximum Gasteiger partial charge on any atom is 0.251 e. The summed E-state index contributed by atoms with van der Waals surface area (Å²) in [5.41, 5.74) is 1.46. The molecule has 2 atom stereocenters. The average molecular weight is 370 g/mol. The van der Waals surface area contributed by atoms with Crippen molar-refractivity contribution in [3.63, 3.8) is 0 Å². The van der Waals surface area contributed by atoms with Gasteiger partial charge in [0.25, 0.3) is 5.91 Å². The molecule has 2 aromatic rings. The van der Waals surface area contributed by atoms with Gasteiger partial charge >= 0.3 is 0 Å². The van der Waals surface area contributed by atoms with Gasteiger partial charge in [-0.15, -0.1) is 0 Å². The Morgan fingerprint density at radius 3 is 2.69 bits per heavy atom. The number of hydrogen-bond acceptors (Lipinski definition) is 3. The van der Waals surface area contributed by atoms with Crippen LogP contribution in [-0.4, -0.2) is 34.3 Å². The number of benzene rings is 1. The predicted molar refractivity (Wildman–Crippen MR) is 101 cm³/mol. The standard InChI is InChI=1S/C20H20ClN3O2/c1-14(23-19(25)15-7-9-17(21)10-8-15)20(26)24-12-3-2-6-18(24)16-5-4-11-22-13-16/h2-5,7-11,13-14,18H,6,12H2,1H3,(H,23,25)/t14-,18?/m0/s1. The summed E-state index contributed by atoms with van der Waals surface area (Å²) < 4.78 is 0. The molecule has 0 bridgehead atoms. The summed E-state index contributed by atoms with van der Waals surface area (Å²) >= 11 is 5.84. The van der Waals surface area contributed by atoms with E-state index >= 15 is 0 Å². The van der Waals surface area contributed by atoms with Crippen LogP contribution in [0.25, 0.3) is 0 Å². The van der Waals surface area contributed by atoms with Gasteiger partial charge in [-0.25, -0.2) is 0 Å². The molecule has 134 valence electrons. The first-order valence-electron chi connectivity index (χ1n) is 8.48. The van der Waals surface area contributed by atoms with Crippen molar-refractivity contribution in [2.24, 2.45) is 0 Å². The molecule has 5 nitrogen and oxygen atoms in total. The van der Waals surface area contributed by atoms with Gasteiger partial charge < -0.3 is 10.2 Å². The van der Waals surface area contributed by atoms with Gasteiger partial charge in [0.1, 0.15) is 6.04 Å². The van der Waals surface area contributed by atoms with Crippen LogP contribution in [0, 0.1) is 0 Å². The van der Waals surface area contributed by atoms with Crippen molar-refractivity contribution in [2.45, 2.75) is 25.4 Å². The largest absolute Gasteiger partial charge is 0.341 e. The highest BCUT2D eigenvalue weighted by Crippen LogP contribution is 2.27. The number of pyridine rings is 1. The lowest BCUT2D eigenvalue weighted by molar-refractivity contribution is -0.135. The first-order valence-corrected chi connectivity index (χ1v) is 8.86. The lowest BCUT2D eigenvalue weighted by Crippen LogP contribution is -2.48. The zero-order valence-corrected chi connectivity index (χ0v) is 15.2. The van der Waals surface area contributed by atoms with E-state index in [9.17, 15) is 9.59 Å². The van der Waals surface area contributed by atoms with Crippen molar-refractivity contribution in [3.8, 4) is 0 Å². The summed E-state index contributed by atoms with van der Waals surface area (Å²) in [6.45, 7) is 2.22. The van der Waals surface area contributed by atoms with Crippen molar-refractivity contribution in [3.05, 3.63) is 77.1 Å². The van der Waals surface area contributed by atoms with Crippen LogP contribution in [0.1, 0.15) is 35.3 Å². The van der Waals surface area contributed by atoms with Gasteiger partial charge in [-0.3, -0.25) is 14.6 Å². The Balaban J connectivity index is 1.71. The van der Waals surface area contributed by atoms with E-state index in [2.05, 4.69) is 16.4 Å². The van der Waals surface area contributed by atoms with E-state index in [0.29, 0.717) is 17.1 Å². The molecule has 0 fully saturated rings. The average Bonchev–Trinajstić information content (AvgIpc) is 2.68. The van der Waals surface area contributed by atoms with Crippen molar-refractivity contribution < 1.29 is 9.59 Å². The first-order chi connectivity index (χ1) is 12.6. The van der Waals surface area contributed by atoms with Gasteiger partial charge in [0.05, 0.1) is 6.04 Å². The summed E-state index contributed by atoms with van der Waals surface area (Å²) in [5.74, 6) is -0.418. The van der Waals surface area contributed by atoms with Crippen LogP contribution < -0.4 is 5.32 Å². The summed E-state index contributed by atoms with van der Waals surface area (Å²) in [7, 11) is 0. The Kier molecular flexibility index (Phi) is 5.68. The topological polar surface area (TPSA) is 62.3 Å². The first kappa shape index (κ1) is 18.1. The molecule has 1 aromatic heterocycles. The molecule has 1 aromatic carbocycles. The maximum atomic E-state index is 12.9. The molecule has 1 N–H and O–H groups in total. The van der Waals surface area contributed by atoms with E-state index in [1.165, 1.54) is 0 Å². The smallest absolute Gasteiger partial charge is 0.251 e. The number of aromatic nitrogens is 1. The molecule has 26 heavy (non-hydrogen) atoms. The molecule has 0 radical (unpaired) electrons. The number of rotatable bonds is 4. The van der Waals surface area contributed by atoms with E-state index < -0.39 is 6.04 Å². The van der Waals surface area contributed by atoms with Crippen LogP contribution in [0.5, 0.6) is 0 Å². The summed E-state index contributed by atoms with van der Waals surface area (Å²) in [6, 6.07) is 9.69. The second-order valence-corrected chi connectivity index (χ2v) is 6.64. The molecule has 3 rings (SSSR count). The van der Waals surface area contributed by atoms with Gasteiger partial charge in [-0.05, 0) is 49.2 Å². The zero-order valence-electron chi connectivity index (χ0n) is 14.4. The number of nitrogens with one attached hydrogen (secondary N) is 1. The van der Waals surface area contributed by atoms with E-state index in [4.69, 9.17) is 11.6 Å². The molecule has 1 aliphatic heterocycles. The quantitative estimate of drug-likeness (QED) is 0.840. The van der Waals surface area contributed by atoms with Crippen molar-refractivity contribution in [1.29, 1.82) is 0 Å². The third-order valence-electron chi connectivity index (χ3n) is 4.38.